The molecule has 4 heteroatoms. The first-order chi connectivity index (χ1) is 11.2. The van der Waals surface area contributed by atoms with E-state index in [1.54, 1.807) is 6.26 Å². The number of ether oxygens (including phenoxy) is 1. The van der Waals surface area contributed by atoms with Crippen molar-refractivity contribution >= 4 is 16.8 Å². The summed E-state index contributed by atoms with van der Waals surface area (Å²) in [5.74, 6) is 0.139. The summed E-state index contributed by atoms with van der Waals surface area (Å²) in [6, 6.07) is 7.60. The van der Waals surface area contributed by atoms with Crippen molar-refractivity contribution in [2.45, 2.75) is 25.3 Å². The average molecular weight is 313 g/mol. The molecule has 1 aromatic heterocycles. The molecular weight excluding hydrogens is 290 g/mol. The highest BCUT2D eigenvalue weighted by molar-refractivity contribution is 6.05. The molecule has 3 rings (SSSR count). The van der Waals surface area contributed by atoms with Crippen LogP contribution < -0.4 is 0 Å². The van der Waals surface area contributed by atoms with Crippen LogP contribution in [0.3, 0.4) is 0 Å². The van der Waals surface area contributed by atoms with Crippen molar-refractivity contribution in [2.75, 3.05) is 26.3 Å². The van der Waals surface area contributed by atoms with Crippen molar-refractivity contribution in [3.05, 3.63) is 48.7 Å². The zero-order valence-electron chi connectivity index (χ0n) is 13.6. The maximum atomic E-state index is 13.4. The molecule has 0 aliphatic carbocycles. The van der Waals surface area contributed by atoms with Crippen molar-refractivity contribution in [3.8, 4) is 0 Å². The number of furan rings is 1. The lowest BCUT2D eigenvalue weighted by atomic mass is 9.81. The van der Waals surface area contributed by atoms with E-state index in [1.165, 1.54) is 0 Å². The van der Waals surface area contributed by atoms with E-state index in [9.17, 15) is 4.79 Å². The van der Waals surface area contributed by atoms with Gasteiger partial charge in [0.25, 0.3) is 0 Å². The van der Waals surface area contributed by atoms with Gasteiger partial charge in [0.05, 0.1) is 25.0 Å². The minimum Gasteiger partial charge on any atom is -0.464 e. The molecule has 122 valence electrons. The van der Waals surface area contributed by atoms with Gasteiger partial charge in [-0.25, -0.2) is 0 Å². The van der Waals surface area contributed by atoms with Gasteiger partial charge in [-0.15, -0.1) is 6.58 Å². The zero-order chi connectivity index (χ0) is 16.3. The Hall–Kier alpha value is -1.91. The largest absolute Gasteiger partial charge is 0.464 e. The van der Waals surface area contributed by atoms with Crippen LogP contribution >= 0.6 is 0 Å². The lowest BCUT2D eigenvalue weighted by molar-refractivity contribution is -0.0154. The van der Waals surface area contributed by atoms with Gasteiger partial charge in [-0.1, -0.05) is 25.1 Å². The summed E-state index contributed by atoms with van der Waals surface area (Å²) >= 11 is 0. The average Bonchev–Trinajstić information content (AvgIpc) is 3.07. The summed E-state index contributed by atoms with van der Waals surface area (Å²) in [6.45, 7) is 8.84. The number of carbonyl (C=O) groups excluding carboxylic acids is 1. The molecule has 0 amide bonds. The first-order valence-corrected chi connectivity index (χ1v) is 8.17. The standard InChI is InChI=1S/C19H23NO3/c1-3-8-19(4-2,20-9-12-22-13-10-20)18(21)16-6-5-15-7-11-23-17(15)14-16/h3,5-7,11,14H,1,4,8-10,12-13H2,2H3. The molecule has 2 aromatic rings. The highest BCUT2D eigenvalue weighted by Gasteiger charge is 2.42. The number of Topliss-reactive ketones (excluding diaryl/α,β-unsaturated/α-hetero) is 1. The van der Waals surface area contributed by atoms with Gasteiger partial charge in [0, 0.05) is 24.0 Å². The predicted octanol–water partition coefficient (Wildman–Crippen LogP) is 3.67. The second-order valence-electron chi connectivity index (χ2n) is 5.98. The van der Waals surface area contributed by atoms with Crippen LogP contribution in [0.25, 0.3) is 11.0 Å². The molecule has 1 aliphatic rings. The molecule has 1 saturated heterocycles. The third-order valence-corrected chi connectivity index (χ3v) is 4.82. The molecule has 0 N–H and O–H groups in total. The topological polar surface area (TPSA) is 42.7 Å². The number of fused-ring (bicyclic) bond motifs is 1. The van der Waals surface area contributed by atoms with Gasteiger partial charge < -0.3 is 9.15 Å². The highest BCUT2D eigenvalue weighted by Crippen LogP contribution is 2.31. The van der Waals surface area contributed by atoms with Crippen LogP contribution in [-0.2, 0) is 4.74 Å². The van der Waals surface area contributed by atoms with E-state index in [0.29, 0.717) is 25.2 Å². The Balaban J connectivity index is 1.99. The van der Waals surface area contributed by atoms with Crippen molar-refractivity contribution < 1.29 is 13.9 Å². The number of carbonyl (C=O) groups is 1. The molecule has 0 spiro atoms. The fraction of sp³-hybridized carbons (Fsp3) is 0.421. The Morgan fingerprint density at radius 2 is 2.13 bits per heavy atom. The Morgan fingerprint density at radius 3 is 2.83 bits per heavy atom. The van der Waals surface area contributed by atoms with Crippen molar-refractivity contribution in [1.82, 2.24) is 4.90 Å². The quantitative estimate of drug-likeness (QED) is 0.603. The summed E-state index contributed by atoms with van der Waals surface area (Å²) in [6.07, 6.45) is 4.88. The van der Waals surface area contributed by atoms with Crippen LogP contribution in [0.15, 0.2) is 47.6 Å². The third-order valence-electron chi connectivity index (χ3n) is 4.82. The SMILES string of the molecule is C=CCC(CC)(C(=O)c1ccc2ccoc2c1)N1CCOCC1. The molecule has 0 bridgehead atoms. The second-order valence-corrected chi connectivity index (χ2v) is 5.98. The van der Waals surface area contributed by atoms with Crippen LogP contribution in [0.2, 0.25) is 0 Å². The van der Waals surface area contributed by atoms with Gasteiger partial charge >= 0.3 is 0 Å². The molecular formula is C19H23NO3. The fourth-order valence-corrected chi connectivity index (χ4v) is 3.49. The Kier molecular flexibility index (Phi) is 4.64. The van der Waals surface area contributed by atoms with E-state index < -0.39 is 5.54 Å². The van der Waals surface area contributed by atoms with E-state index >= 15 is 0 Å². The Bertz CT molecular complexity index is 699. The number of nitrogens with zero attached hydrogens (tertiary/aromatic N) is 1. The summed E-state index contributed by atoms with van der Waals surface area (Å²) in [5, 5.41) is 1.01. The van der Waals surface area contributed by atoms with Gasteiger partial charge in [-0.3, -0.25) is 9.69 Å². The van der Waals surface area contributed by atoms with Gasteiger partial charge in [-0.2, -0.15) is 0 Å². The molecule has 1 atom stereocenters. The molecule has 2 heterocycles. The molecule has 23 heavy (non-hydrogen) atoms. The number of rotatable bonds is 6. The number of morpholine rings is 1. The van der Waals surface area contributed by atoms with E-state index in [-0.39, 0.29) is 5.78 Å². The number of hydrogen-bond acceptors (Lipinski definition) is 4. The van der Waals surface area contributed by atoms with Gasteiger partial charge in [-0.05, 0) is 25.0 Å². The minimum atomic E-state index is -0.550. The van der Waals surface area contributed by atoms with E-state index in [2.05, 4.69) is 18.4 Å². The van der Waals surface area contributed by atoms with Crippen LogP contribution in [0.4, 0.5) is 0 Å². The molecule has 0 radical (unpaired) electrons. The summed E-state index contributed by atoms with van der Waals surface area (Å²) in [7, 11) is 0. The maximum Gasteiger partial charge on any atom is 0.183 e. The number of benzene rings is 1. The summed E-state index contributed by atoms with van der Waals surface area (Å²) in [4.78, 5) is 15.6. The Morgan fingerprint density at radius 1 is 1.35 bits per heavy atom. The normalized spacial score (nSPS) is 18.7. The predicted molar refractivity (Wildman–Crippen MR) is 90.8 cm³/mol. The monoisotopic (exact) mass is 313 g/mol. The van der Waals surface area contributed by atoms with Crippen molar-refractivity contribution in [3.63, 3.8) is 0 Å². The summed E-state index contributed by atoms with van der Waals surface area (Å²) in [5.41, 5.74) is 0.898. The van der Waals surface area contributed by atoms with Crippen LogP contribution in [0, 0.1) is 0 Å². The Labute approximate surface area is 136 Å². The van der Waals surface area contributed by atoms with E-state index in [1.807, 2.05) is 30.3 Å². The third kappa shape index (κ3) is 2.84. The number of ketones is 1. The van der Waals surface area contributed by atoms with E-state index in [0.717, 1.165) is 30.5 Å². The van der Waals surface area contributed by atoms with Crippen molar-refractivity contribution in [1.29, 1.82) is 0 Å². The molecule has 0 saturated carbocycles. The first-order valence-electron chi connectivity index (χ1n) is 8.17. The zero-order valence-corrected chi connectivity index (χ0v) is 13.6. The molecule has 1 unspecified atom stereocenters. The fourth-order valence-electron chi connectivity index (χ4n) is 3.49. The van der Waals surface area contributed by atoms with Crippen molar-refractivity contribution in [2.24, 2.45) is 0 Å². The molecule has 4 nitrogen and oxygen atoms in total. The minimum absolute atomic E-state index is 0.139. The first kappa shape index (κ1) is 16.0. The summed E-state index contributed by atoms with van der Waals surface area (Å²) < 4.78 is 10.9. The molecule has 1 fully saturated rings. The number of hydrogen-bond donors (Lipinski definition) is 0. The van der Waals surface area contributed by atoms with Gasteiger partial charge in [0.15, 0.2) is 5.78 Å². The van der Waals surface area contributed by atoms with Crippen LogP contribution in [0.1, 0.15) is 30.1 Å². The lowest BCUT2D eigenvalue weighted by Gasteiger charge is -2.43. The van der Waals surface area contributed by atoms with Crippen LogP contribution in [-0.4, -0.2) is 42.5 Å². The van der Waals surface area contributed by atoms with Gasteiger partial charge in [0.2, 0.25) is 0 Å². The van der Waals surface area contributed by atoms with Gasteiger partial charge in [0.1, 0.15) is 5.58 Å². The lowest BCUT2D eigenvalue weighted by Crippen LogP contribution is -2.57. The highest BCUT2D eigenvalue weighted by atomic mass is 16.5. The molecule has 1 aliphatic heterocycles. The van der Waals surface area contributed by atoms with E-state index in [4.69, 9.17) is 9.15 Å². The second kappa shape index (κ2) is 6.69. The molecule has 1 aromatic carbocycles. The van der Waals surface area contributed by atoms with Crippen LogP contribution in [0.5, 0.6) is 0 Å². The smallest absolute Gasteiger partial charge is 0.183 e. The maximum absolute atomic E-state index is 13.4.